The number of nitrogens with zero attached hydrogens (tertiary/aromatic N) is 2. The number of carbonyl (C=O) groups excluding carboxylic acids is 1. The van der Waals surface area contributed by atoms with Gasteiger partial charge in [0.05, 0.1) is 6.04 Å². The van der Waals surface area contributed by atoms with Crippen molar-refractivity contribution in [2.45, 2.75) is 38.8 Å². The highest BCUT2D eigenvalue weighted by molar-refractivity contribution is 5.82. The zero-order valence-electron chi connectivity index (χ0n) is 11.9. The first-order chi connectivity index (χ1) is 7.97. The van der Waals surface area contributed by atoms with Crippen molar-refractivity contribution in [2.24, 2.45) is 5.92 Å². The molecule has 0 aromatic heterocycles. The van der Waals surface area contributed by atoms with Gasteiger partial charge in [-0.05, 0) is 39.9 Å². The number of piperidine rings is 1. The van der Waals surface area contributed by atoms with Gasteiger partial charge in [-0.25, -0.2) is 0 Å². The van der Waals surface area contributed by atoms with Gasteiger partial charge in [0.15, 0.2) is 0 Å². The Morgan fingerprint density at radius 2 is 2.06 bits per heavy atom. The highest BCUT2D eigenvalue weighted by Crippen LogP contribution is 2.16. The lowest BCUT2D eigenvalue weighted by molar-refractivity contribution is -0.139. The Labute approximate surface area is 105 Å². The van der Waals surface area contributed by atoms with Crippen LogP contribution < -0.4 is 5.32 Å². The van der Waals surface area contributed by atoms with Crippen LogP contribution in [-0.4, -0.2) is 62.0 Å². The van der Waals surface area contributed by atoms with Crippen LogP contribution in [0, 0.1) is 5.92 Å². The number of hydrogen-bond acceptors (Lipinski definition) is 3. The van der Waals surface area contributed by atoms with E-state index in [2.05, 4.69) is 19.2 Å². The first-order valence-corrected chi connectivity index (χ1v) is 6.59. The predicted molar refractivity (Wildman–Crippen MR) is 71.0 cm³/mol. The number of carbonyl (C=O) groups is 1. The van der Waals surface area contributed by atoms with E-state index in [1.54, 1.807) is 0 Å². The van der Waals surface area contributed by atoms with Crippen molar-refractivity contribution in [2.75, 3.05) is 34.2 Å². The van der Waals surface area contributed by atoms with Gasteiger partial charge in [-0.3, -0.25) is 9.69 Å². The molecule has 1 fully saturated rings. The molecule has 1 rings (SSSR count). The summed E-state index contributed by atoms with van der Waals surface area (Å²) in [6, 6.07) is 0.466. The van der Waals surface area contributed by atoms with Crippen LogP contribution in [0.2, 0.25) is 0 Å². The Hall–Kier alpha value is -0.610. The molecule has 0 spiro atoms. The zero-order valence-corrected chi connectivity index (χ0v) is 11.9. The average Bonchev–Trinajstić information content (AvgIpc) is 2.28. The van der Waals surface area contributed by atoms with Crippen LogP contribution in [-0.2, 0) is 4.79 Å². The second kappa shape index (κ2) is 6.36. The third kappa shape index (κ3) is 3.68. The number of rotatable bonds is 4. The highest BCUT2D eigenvalue weighted by atomic mass is 16.2. The van der Waals surface area contributed by atoms with E-state index in [4.69, 9.17) is 0 Å². The van der Waals surface area contributed by atoms with E-state index in [0.29, 0.717) is 12.0 Å². The summed E-state index contributed by atoms with van der Waals surface area (Å²) in [7, 11) is 5.95. The van der Waals surface area contributed by atoms with Gasteiger partial charge in [0.1, 0.15) is 0 Å². The Morgan fingerprint density at radius 3 is 2.53 bits per heavy atom. The Kier molecular flexibility index (Phi) is 5.40. The molecule has 4 nitrogen and oxygen atoms in total. The molecule has 1 unspecified atom stereocenters. The fraction of sp³-hybridized carbons (Fsp3) is 0.923. The molecular formula is C13H27N3O. The minimum Gasteiger partial charge on any atom is -0.340 e. The summed E-state index contributed by atoms with van der Waals surface area (Å²) in [5.74, 6) is 0.636. The van der Waals surface area contributed by atoms with E-state index in [0.717, 1.165) is 19.5 Å². The van der Waals surface area contributed by atoms with Crippen molar-refractivity contribution in [3.05, 3.63) is 0 Å². The van der Waals surface area contributed by atoms with Gasteiger partial charge in [0.25, 0.3) is 0 Å². The van der Waals surface area contributed by atoms with Crippen molar-refractivity contribution in [1.82, 2.24) is 15.1 Å². The predicted octanol–water partition coefficient (Wildman–Crippen LogP) is 0.783. The van der Waals surface area contributed by atoms with E-state index in [1.807, 2.05) is 30.9 Å². The summed E-state index contributed by atoms with van der Waals surface area (Å²) in [6.45, 7) is 5.99. The highest BCUT2D eigenvalue weighted by Gasteiger charge is 2.31. The lowest BCUT2D eigenvalue weighted by Crippen LogP contribution is -2.54. The maximum Gasteiger partial charge on any atom is 0.240 e. The standard InChI is InChI=1S/C13H27N3O/c1-10(2)12(15(4)5)13(17)16-8-6-7-11(9-16)14-3/h10-12,14H,6-9H2,1-5H3/t11?,12-/m0/s1. The van der Waals surface area contributed by atoms with Crippen LogP contribution in [0.5, 0.6) is 0 Å². The summed E-state index contributed by atoms with van der Waals surface area (Å²) in [6.07, 6.45) is 2.28. The second-order valence-electron chi connectivity index (χ2n) is 5.56. The minimum atomic E-state index is 0.00519. The van der Waals surface area contributed by atoms with Gasteiger partial charge < -0.3 is 10.2 Å². The maximum absolute atomic E-state index is 12.5. The van der Waals surface area contributed by atoms with Crippen LogP contribution in [0.15, 0.2) is 0 Å². The molecular weight excluding hydrogens is 214 g/mol. The summed E-state index contributed by atoms with van der Waals surface area (Å²) in [5, 5.41) is 3.28. The Morgan fingerprint density at radius 1 is 1.41 bits per heavy atom. The van der Waals surface area contributed by atoms with Crippen molar-refractivity contribution >= 4 is 5.91 Å². The lowest BCUT2D eigenvalue weighted by atomic mass is 9.99. The summed E-state index contributed by atoms with van der Waals surface area (Å²) in [5.41, 5.74) is 0. The number of likely N-dealkylation sites (N-methyl/N-ethyl adjacent to an activating group) is 2. The maximum atomic E-state index is 12.5. The van der Waals surface area contributed by atoms with Gasteiger partial charge in [-0.2, -0.15) is 0 Å². The number of likely N-dealkylation sites (tertiary alicyclic amines) is 1. The number of nitrogens with one attached hydrogen (secondary N) is 1. The van der Waals surface area contributed by atoms with Gasteiger partial charge in [-0.15, -0.1) is 0 Å². The van der Waals surface area contributed by atoms with E-state index >= 15 is 0 Å². The van der Waals surface area contributed by atoms with Crippen LogP contribution in [0.1, 0.15) is 26.7 Å². The largest absolute Gasteiger partial charge is 0.340 e. The first-order valence-electron chi connectivity index (χ1n) is 6.59. The fourth-order valence-electron chi connectivity index (χ4n) is 2.70. The van der Waals surface area contributed by atoms with Crippen LogP contribution in [0.25, 0.3) is 0 Å². The Bertz CT molecular complexity index is 245. The monoisotopic (exact) mass is 241 g/mol. The van der Waals surface area contributed by atoms with Crippen molar-refractivity contribution in [3.63, 3.8) is 0 Å². The number of hydrogen-bond donors (Lipinski definition) is 1. The van der Waals surface area contributed by atoms with Crippen LogP contribution in [0.4, 0.5) is 0 Å². The van der Waals surface area contributed by atoms with Crippen molar-refractivity contribution in [1.29, 1.82) is 0 Å². The zero-order chi connectivity index (χ0) is 13.0. The molecule has 17 heavy (non-hydrogen) atoms. The first kappa shape index (κ1) is 14.5. The third-order valence-electron chi connectivity index (χ3n) is 3.58. The molecule has 0 bridgehead atoms. The van der Waals surface area contributed by atoms with Gasteiger partial charge >= 0.3 is 0 Å². The van der Waals surface area contributed by atoms with Gasteiger partial charge in [0.2, 0.25) is 5.91 Å². The molecule has 4 heteroatoms. The molecule has 0 aromatic carbocycles. The molecule has 1 aliphatic rings. The molecule has 1 heterocycles. The molecule has 0 radical (unpaired) electrons. The fourth-order valence-corrected chi connectivity index (χ4v) is 2.70. The smallest absolute Gasteiger partial charge is 0.240 e. The molecule has 1 aliphatic heterocycles. The van der Waals surface area contributed by atoms with Crippen LogP contribution >= 0.6 is 0 Å². The molecule has 1 N–H and O–H groups in total. The Balaban J connectivity index is 2.67. The van der Waals surface area contributed by atoms with E-state index < -0.39 is 0 Å². The summed E-state index contributed by atoms with van der Waals surface area (Å²) >= 11 is 0. The summed E-state index contributed by atoms with van der Waals surface area (Å²) < 4.78 is 0. The molecule has 0 aliphatic carbocycles. The van der Waals surface area contributed by atoms with Crippen LogP contribution in [0.3, 0.4) is 0 Å². The van der Waals surface area contributed by atoms with E-state index in [9.17, 15) is 4.79 Å². The van der Waals surface area contributed by atoms with Gasteiger partial charge in [0, 0.05) is 19.1 Å². The third-order valence-corrected chi connectivity index (χ3v) is 3.58. The average molecular weight is 241 g/mol. The lowest BCUT2D eigenvalue weighted by Gasteiger charge is -2.37. The van der Waals surface area contributed by atoms with E-state index in [1.165, 1.54) is 6.42 Å². The molecule has 2 atom stereocenters. The van der Waals surface area contributed by atoms with Crippen molar-refractivity contribution in [3.8, 4) is 0 Å². The van der Waals surface area contributed by atoms with Gasteiger partial charge in [-0.1, -0.05) is 13.8 Å². The SMILES string of the molecule is CNC1CCCN(C(=O)[C@H](C(C)C)N(C)C)C1. The molecule has 1 amide bonds. The topological polar surface area (TPSA) is 35.6 Å². The number of amides is 1. The second-order valence-corrected chi connectivity index (χ2v) is 5.56. The van der Waals surface area contributed by atoms with Crippen molar-refractivity contribution < 1.29 is 4.79 Å². The molecule has 100 valence electrons. The summed E-state index contributed by atoms with van der Waals surface area (Å²) in [4.78, 5) is 16.6. The molecule has 0 saturated carbocycles. The molecule has 1 saturated heterocycles. The quantitative estimate of drug-likeness (QED) is 0.790. The minimum absolute atomic E-state index is 0.00519. The normalized spacial score (nSPS) is 23.2. The molecule has 0 aromatic rings. The van der Waals surface area contributed by atoms with E-state index in [-0.39, 0.29) is 11.9 Å².